The van der Waals surface area contributed by atoms with E-state index in [0.717, 1.165) is 31.5 Å². The van der Waals surface area contributed by atoms with Crippen LogP contribution in [0.15, 0.2) is 24.3 Å². The standard InChI is InChI=1S/C12H15ClN2O/c13-9-4-3-5-10(8-9)15-12(16)11-6-1-2-7-14-11/h3-5,8,11,14H,1-2,6-7H2,(H,15,16)/t11-/m1/s1. The van der Waals surface area contributed by atoms with Gasteiger partial charge in [0.2, 0.25) is 5.91 Å². The molecule has 1 heterocycles. The van der Waals surface area contributed by atoms with Crippen LogP contribution in [0.4, 0.5) is 5.69 Å². The topological polar surface area (TPSA) is 41.1 Å². The second-order valence-corrected chi connectivity index (χ2v) is 4.44. The zero-order valence-corrected chi connectivity index (χ0v) is 9.76. The molecular formula is C12H15ClN2O. The molecular weight excluding hydrogens is 224 g/mol. The van der Waals surface area contributed by atoms with Crippen LogP contribution in [-0.4, -0.2) is 18.5 Å². The zero-order chi connectivity index (χ0) is 11.4. The van der Waals surface area contributed by atoms with Crippen LogP contribution in [0.1, 0.15) is 19.3 Å². The predicted octanol–water partition coefficient (Wildman–Crippen LogP) is 2.42. The van der Waals surface area contributed by atoms with Crippen LogP contribution in [-0.2, 0) is 4.79 Å². The monoisotopic (exact) mass is 238 g/mol. The average molecular weight is 239 g/mol. The summed E-state index contributed by atoms with van der Waals surface area (Å²) < 4.78 is 0. The smallest absolute Gasteiger partial charge is 0.241 e. The number of nitrogens with one attached hydrogen (secondary N) is 2. The molecule has 16 heavy (non-hydrogen) atoms. The summed E-state index contributed by atoms with van der Waals surface area (Å²) in [6.45, 7) is 0.924. The maximum atomic E-state index is 11.9. The zero-order valence-electron chi connectivity index (χ0n) is 9.00. The summed E-state index contributed by atoms with van der Waals surface area (Å²) in [6.07, 6.45) is 3.17. The minimum Gasteiger partial charge on any atom is -0.325 e. The van der Waals surface area contributed by atoms with Crippen molar-refractivity contribution in [1.82, 2.24) is 5.32 Å². The summed E-state index contributed by atoms with van der Waals surface area (Å²) in [5, 5.41) is 6.71. The molecule has 0 unspecified atom stereocenters. The van der Waals surface area contributed by atoms with Gasteiger partial charge in [0.25, 0.3) is 0 Å². The molecule has 86 valence electrons. The summed E-state index contributed by atoms with van der Waals surface area (Å²) in [5.41, 5.74) is 0.755. The van der Waals surface area contributed by atoms with Gasteiger partial charge in [-0.15, -0.1) is 0 Å². The summed E-state index contributed by atoms with van der Waals surface area (Å²) >= 11 is 5.85. The van der Waals surface area contributed by atoms with E-state index in [1.54, 1.807) is 12.1 Å². The Bertz CT molecular complexity index is 375. The third kappa shape index (κ3) is 2.97. The molecule has 0 spiro atoms. The van der Waals surface area contributed by atoms with Crippen molar-refractivity contribution in [2.24, 2.45) is 0 Å². The number of halogens is 1. The second-order valence-electron chi connectivity index (χ2n) is 4.00. The highest BCUT2D eigenvalue weighted by atomic mass is 35.5. The lowest BCUT2D eigenvalue weighted by Crippen LogP contribution is -2.43. The number of piperidine rings is 1. The number of carbonyl (C=O) groups is 1. The molecule has 1 aromatic carbocycles. The molecule has 1 atom stereocenters. The Morgan fingerprint density at radius 2 is 2.31 bits per heavy atom. The van der Waals surface area contributed by atoms with Crippen LogP contribution in [0.5, 0.6) is 0 Å². The molecule has 2 N–H and O–H groups in total. The van der Waals surface area contributed by atoms with Crippen molar-refractivity contribution in [3.63, 3.8) is 0 Å². The minimum atomic E-state index is -0.0623. The van der Waals surface area contributed by atoms with Gasteiger partial charge in [-0.05, 0) is 37.6 Å². The van der Waals surface area contributed by atoms with Crippen LogP contribution in [0.2, 0.25) is 5.02 Å². The van der Waals surface area contributed by atoms with Crippen molar-refractivity contribution < 1.29 is 4.79 Å². The number of hydrogen-bond donors (Lipinski definition) is 2. The molecule has 1 saturated heterocycles. The van der Waals surface area contributed by atoms with E-state index in [0.29, 0.717) is 5.02 Å². The van der Waals surface area contributed by atoms with E-state index in [2.05, 4.69) is 10.6 Å². The van der Waals surface area contributed by atoms with Crippen LogP contribution in [0, 0.1) is 0 Å². The molecule has 2 rings (SSSR count). The molecule has 0 bridgehead atoms. The summed E-state index contributed by atoms with van der Waals surface area (Å²) in [7, 11) is 0. The van der Waals surface area contributed by atoms with Gasteiger partial charge in [0, 0.05) is 10.7 Å². The molecule has 4 heteroatoms. The van der Waals surface area contributed by atoms with Gasteiger partial charge < -0.3 is 10.6 Å². The van der Waals surface area contributed by atoms with Crippen LogP contribution >= 0.6 is 11.6 Å². The molecule has 0 radical (unpaired) electrons. The van der Waals surface area contributed by atoms with Crippen molar-refractivity contribution >= 4 is 23.2 Å². The predicted molar refractivity (Wildman–Crippen MR) is 65.7 cm³/mol. The van der Waals surface area contributed by atoms with E-state index in [1.807, 2.05) is 12.1 Å². The lowest BCUT2D eigenvalue weighted by atomic mass is 10.0. The number of amides is 1. The normalized spacial score (nSPS) is 20.4. The maximum Gasteiger partial charge on any atom is 0.241 e. The molecule has 1 aromatic rings. The van der Waals surface area contributed by atoms with Gasteiger partial charge in [0.1, 0.15) is 0 Å². The average Bonchev–Trinajstić information content (AvgIpc) is 2.30. The molecule has 1 fully saturated rings. The van der Waals surface area contributed by atoms with Crippen molar-refractivity contribution in [2.45, 2.75) is 25.3 Å². The lowest BCUT2D eigenvalue weighted by molar-refractivity contribution is -0.118. The first-order valence-corrected chi connectivity index (χ1v) is 5.93. The number of anilines is 1. The molecule has 1 amide bonds. The first kappa shape index (κ1) is 11.4. The highest BCUT2D eigenvalue weighted by molar-refractivity contribution is 6.30. The molecule has 0 aliphatic carbocycles. The summed E-state index contributed by atoms with van der Waals surface area (Å²) in [5.74, 6) is 0.0296. The Morgan fingerprint density at radius 1 is 1.44 bits per heavy atom. The fraction of sp³-hybridized carbons (Fsp3) is 0.417. The highest BCUT2D eigenvalue weighted by Crippen LogP contribution is 2.16. The van der Waals surface area contributed by atoms with Crippen molar-refractivity contribution in [1.29, 1.82) is 0 Å². The molecule has 1 aliphatic rings. The van der Waals surface area contributed by atoms with Gasteiger partial charge in [-0.3, -0.25) is 4.79 Å². The van der Waals surface area contributed by atoms with Crippen LogP contribution < -0.4 is 10.6 Å². The fourth-order valence-electron chi connectivity index (χ4n) is 1.87. The SMILES string of the molecule is O=C(Nc1cccc(Cl)c1)[C@H]1CCCCN1. The van der Waals surface area contributed by atoms with E-state index in [9.17, 15) is 4.79 Å². The Morgan fingerprint density at radius 3 is 3.00 bits per heavy atom. The first-order valence-electron chi connectivity index (χ1n) is 5.55. The third-order valence-electron chi connectivity index (χ3n) is 2.72. The number of rotatable bonds is 2. The fourth-order valence-corrected chi connectivity index (χ4v) is 2.06. The molecule has 1 aliphatic heterocycles. The largest absolute Gasteiger partial charge is 0.325 e. The lowest BCUT2D eigenvalue weighted by Gasteiger charge is -2.22. The Labute approximate surface area is 100 Å². The van der Waals surface area contributed by atoms with E-state index >= 15 is 0 Å². The Kier molecular flexibility index (Phi) is 3.80. The van der Waals surface area contributed by atoms with Crippen LogP contribution in [0.3, 0.4) is 0 Å². The van der Waals surface area contributed by atoms with Crippen molar-refractivity contribution in [2.75, 3.05) is 11.9 Å². The number of hydrogen-bond acceptors (Lipinski definition) is 2. The minimum absolute atomic E-state index is 0.0296. The quantitative estimate of drug-likeness (QED) is 0.831. The van der Waals surface area contributed by atoms with Gasteiger partial charge >= 0.3 is 0 Å². The van der Waals surface area contributed by atoms with Gasteiger partial charge in [0.15, 0.2) is 0 Å². The first-order chi connectivity index (χ1) is 7.75. The van der Waals surface area contributed by atoms with Gasteiger partial charge in [-0.25, -0.2) is 0 Å². The Hall–Kier alpha value is -1.06. The molecule has 0 aromatic heterocycles. The van der Waals surface area contributed by atoms with Crippen molar-refractivity contribution in [3.05, 3.63) is 29.3 Å². The maximum absolute atomic E-state index is 11.9. The van der Waals surface area contributed by atoms with Crippen molar-refractivity contribution in [3.8, 4) is 0 Å². The van der Waals surface area contributed by atoms with E-state index in [1.165, 1.54) is 0 Å². The molecule has 3 nitrogen and oxygen atoms in total. The van der Waals surface area contributed by atoms with Gasteiger partial charge in [-0.2, -0.15) is 0 Å². The van der Waals surface area contributed by atoms with Gasteiger partial charge in [-0.1, -0.05) is 24.1 Å². The van der Waals surface area contributed by atoms with E-state index in [-0.39, 0.29) is 11.9 Å². The number of carbonyl (C=O) groups excluding carboxylic acids is 1. The molecule has 0 saturated carbocycles. The summed E-state index contributed by atoms with van der Waals surface area (Å²) in [6, 6.07) is 7.14. The third-order valence-corrected chi connectivity index (χ3v) is 2.95. The summed E-state index contributed by atoms with van der Waals surface area (Å²) in [4.78, 5) is 11.9. The number of benzene rings is 1. The van der Waals surface area contributed by atoms with Gasteiger partial charge in [0.05, 0.1) is 6.04 Å². The second kappa shape index (κ2) is 5.32. The highest BCUT2D eigenvalue weighted by Gasteiger charge is 2.20. The van der Waals surface area contributed by atoms with Crippen LogP contribution in [0.25, 0.3) is 0 Å². The van der Waals surface area contributed by atoms with E-state index in [4.69, 9.17) is 11.6 Å². The van der Waals surface area contributed by atoms with E-state index < -0.39 is 0 Å². The Balaban J connectivity index is 1.96.